The highest BCUT2D eigenvalue weighted by atomic mass is 16.5. The van der Waals surface area contributed by atoms with Crippen LogP contribution in [-0.2, 0) is 20.7 Å². The summed E-state index contributed by atoms with van der Waals surface area (Å²) in [5.41, 5.74) is 8.26. The average Bonchev–Trinajstić information content (AvgIpc) is 2.89. The first kappa shape index (κ1) is 25.2. The van der Waals surface area contributed by atoms with Gasteiger partial charge in [0, 0.05) is 25.3 Å². The van der Waals surface area contributed by atoms with Crippen molar-refractivity contribution in [3.05, 3.63) is 46.7 Å². The zero-order chi connectivity index (χ0) is 25.0. The number of nitrogens with zero attached hydrogens (tertiary/aromatic N) is 2. The van der Waals surface area contributed by atoms with Crippen LogP contribution in [0.4, 0.5) is 4.79 Å². The van der Waals surface area contributed by atoms with E-state index in [0.717, 1.165) is 37.9 Å². The molecule has 190 valence electrons. The van der Waals surface area contributed by atoms with Crippen LogP contribution in [0.1, 0.15) is 56.2 Å². The largest absolute Gasteiger partial charge is 0.466 e. The summed E-state index contributed by atoms with van der Waals surface area (Å²) in [5, 5.41) is 5.72. The maximum absolute atomic E-state index is 12.9. The van der Waals surface area contributed by atoms with Gasteiger partial charge in [-0.1, -0.05) is 37.6 Å². The molecule has 4 N–H and O–H groups in total. The van der Waals surface area contributed by atoms with E-state index in [1.807, 2.05) is 24.3 Å². The number of nitrogens with two attached hydrogens (primary N) is 1. The number of urea groups is 1. The van der Waals surface area contributed by atoms with E-state index in [1.54, 1.807) is 0 Å². The van der Waals surface area contributed by atoms with Crippen molar-refractivity contribution in [2.24, 2.45) is 5.73 Å². The molecule has 1 atom stereocenters. The smallest absolute Gasteiger partial charge is 0.338 e. The predicted octanol–water partition coefficient (Wildman–Crippen LogP) is 1.84. The highest BCUT2D eigenvalue weighted by Crippen LogP contribution is 2.33. The Bertz CT molecular complexity index is 976. The lowest BCUT2D eigenvalue weighted by Gasteiger charge is -2.48. The minimum Gasteiger partial charge on any atom is -0.466 e. The molecule has 3 aliphatic rings. The number of hydrogen-bond acceptors (Lipinski definition) is 6. The molecule has 0 radical (unpaired) electrons. The molecule has 3 amide bonds. The van der Waals surface area contributed by atoms with Crippen molar-refractivity contribution in [2.75, 3.05) is 39.8 Å². The van der Waals surface area contributed by atoms with Crippen molar-refractivity contribution in [1.82, 2.24) is 20.4 Å². The number of hydrogen-bond donors (Lipinski definition) is 3. The summed E-state index contributed by atoms with van der Waals surface area (Å²) in [5.74, 6) is -0.729. The molecule has 2 saturated heterocycles. The average molecular weight is 484 g/mol. The second-order valence-corrected chi connectivity index (χ2v) is 9.73. The van der Waals surface area contributed by atoms with Crippen molar-refractivity contribution < 1.29 is 19.1 Å². The highest BCUT2D eigenvalue weighted by Gasteiger charge is 2.45. The molecule has 0 aliphatic carbocycles. The Balaban J connectivity index is 1.56. The number of esters is 1. The Kier molecular flexibility index (Phi) is 7.76. The van der Waals surface area contributed by atoms with E-state index in [9.17, 15) is 14.4 Å². The molecule has 0 bridgehead atoms. The van der Waals surface area contributed by atoms with Gasteiger partial charge in [-0.05, 0) is 56.3 Å². The van der Waals surface area contributed by atoms with Crippen molar-refractivity contribution in [2.45, 2.75) is 57.0 Å². The zero-order valence-electron chi connectivity index (χ0n) is 20.8. The molecule has 3 heterocycles. The monoisotopic (exact) mass is 483 g/mol. The number of benzene rings is 1. The fraction of sp³-hybridized carbons (Fsp3) is 0.577. The van der Waals surface area contributed by atoms with Crippen LogP contribution in [0, 0.1) is 0 Å². The number of ether oxygens (including phenoxy) is 1. The van der Waals surface area contributed by atoms with Gasteiger partial charge in [-0.3, -0.25) is 14.6 Å². The minimum atomic E-state index is -0.614. The van der Waals surface area contributed by atoms with Gasteiger partial charge in [-0.2, -0.15) is 0 Å². The Morgan fingerprint density at radius 2 is 1.74 bits per heavy atom. The van der Waals surface area contributed by atoms with Gasteiger partial charge in [0.25, 0.3) is 0 Å². The third kappa shape index (κ3) is 5.21. The minimum absolute atomic E-state index is 0.251. The molecule has 0 unspecified atom stereocenters. The lowest BCUT2D eigenvalue weighted by Crippen LogP contribution is -2.63. The lowest BCUT2D eigenvalue weighted by atomic mass is 9.83. The van der Waals surface area contributed by atoms with Crippen molar-refractivity contribution in [3.8, 4) is 0 Å². The van der Waals surface area contributed by atoms with Gasteiger partial charge in [0.2, 0.25) is 5.91 Å². The summed E-state index contributed by atoms with van der Waals surface area (Å²) in [4.78, 5) is 42.5. The fourth-order valence-corrected chi connectivity index (χ4v) is 5.63. The van der Waals surface area contributed by atoms with Gasteiger partial charge in [-0.25, -0.2) is 9.59 Å². The van der Waals surface area contributed by atoms with Gasteiger partial charge in [-0.15, -0.1) is 0 Å². The van der Waals surface area contributed by atoms with E-state index in [0.29, 0.717) is 43.7 Å². The first-order valence-electron chi connectivity index (χ1n) is 12.6. The number of piperidine rings is 2. The topological polar surface area (TPSA) is 117 Å². The summed E-state index contributed by atoms with van der Waals surface area (Å²) in [6, 6.07) is 6.95. The molecule has 9 nitrogen and oxygen atoms in total. The number of rotatable bonds is 7. The molecule has 9 heteroatoms. The van der Waals surface area contributed by atoms with E-state index >= 15 is 0 Å². The number of methoxy groups -OCH3 is 1. The van der Waals surface area contributed by atoms with E-state index < -0.39 is 17.6 Å². The van der Waals surface area contributed by atoms with Gasteiger partial charge >= 0.3 is 12.0 Å². The van der Waals surface area contributed by atoms with Crippen LogP contribution < -0.4 is 16.4 Å². The fourth-order valence-electron chi connectivity index (χ4n) is 5.63. The molecule has 35 heavy (non-hydrogen) atoms. The Labute approximate surface area is 207 Å². The second kappa shape index (κ2) is 10.8. The van der Waals surface area contributed by atoms with Crippen LogP contribution in [0.25, 0.3) is 0 Å². The lowest BCUT2D eigenvalue weighted by molar-refractivity contribution is -0.136. The van der Waals surface area contributed by atoms with Gasteiger partial charge in [0.15, 0.2) is 0 Å². The highest BCUT2D eigenvalue weighted by molar-refractivity contribution is 5.95. The van der Waals surface area contributed by atoms with Gasteiger partial charge in [0.1, 0.15) is 5.54 Å². The molecule has 0 spiro atoms. The van der Waals surface area contributed by atoms with Crippen LogP contribution in [-0.4, -0.2) is 73.1 Å². The Morgan fingerprint density at radius 3 is 2.31 bits per heavy atom. The standard InChI is InChI=1S/C26H37N5O4/c1-3-18-7-9-19(10-8-18)22-21(23(32)35-2)20(28-25(34)29-22)17-30-15-11-26(12-16-30,24(27)33)31-13-5-4-6-14-31/h7-10,22H,3-6,11-17H2,1-2H3,(H2,27,33)(H2,28,29,34)/t22-/m1/s1. The van der Waals surface area contributed by atoms with Crippen LogP contribution in [0.2, 0.25) is 0 Å². The molecule has 2 fully saturated rings. The SMILES string of the molecule is CCc1ccc([C@H]2NC(=O)NC(CN3CCC(C(N)=O)(N4CCCCC4)CC3)=C2C(=O)OC)cc1. The van der Waals surface area contributed by atoms with Gasteiger partial charge in [0.05, 0.1) is 18.7 Å². The van der Waals surface area contributed by atoms with Crippen molar-refractivity contribution >= 4 is 17.9 Å². The summed E-state index contributed by atoms with van der Waals surface area (Å²) in [6.45, 7) is 5.57. The third-order valence-electron chi connectivity index (χ3n) is 7.77. The van der Waals surface area contributed by atoms with E-state index in [2.05, 4.69) is 27.4 Å². The molecule has 0 aromatic heterocycles. The van der Waals surface area contributed by atoms with Crippen LogP contribution in [0.5, 0.6) is 0 Å². The Morgan fingerprint density at radius 1 is 1.09 bits per heavy atom. The third-order valence-corrected chi connectivity index (χ3v) is 7.77. The molecule has 1 aromatic carbocycles. The predicted molar refractivity (Wildman–Crippen MR) is 132 cm³/mol. The van der Waals surface area contributed by atoms with Gasteiger partial charge < -0.3 is 21.1 Å². The summed E-state index contributed by atoms with van der Waals surface area (Å²) >= 11 is 0. The summed E-state index contributed by atoms with van der Waals surface area (Å²) in [6.07, 6.45) is 5.55. The van der Waals surface area contributed by atoms with Crippen LogP contribution >= 0.6 is 0 Å². The number of primary amides is 1. The van der Waals surface area contributed by atoms with Crippen molar-refractivity contribution in [1.29, 1.82) is 0 Å². The summed E-state index contributed by atoms with van der Waals surface area (Å²) in [7, 11) is 1.35. The maximum atomic E-state index is 12.9. The van der Waals surface area contributed by atoms with Crippen molar-refractivity contribution in [3.63, 3.8) is 0 Å². The number of nitrogens with one attached hydrogen (secondary N) is 2. The van der Waals surface area contributed by atoms with Crippen LogP contribution in [0.3, 0.4) is 0 Å². The van der Waals surface area contributed by atoms with E-state index in [1.165, 1.54) is 19.1 Å². The molecular formula is C26H37N5O4. The number of likely N-dealkylation sites (tertiary alicyclic amines) is 2. The molecule has 4 rings (SSSR count). The molecule has 1 aromatic rings. The molecular weight excluding hydrogens is 446 g/mol. The molecule has 3 aliphatic heterocycles. The summed E-state index contributed by atoms with van der Waals surface area (Å²) < 4.78 is 5.11. The first-order chi connectivity index (χ1) is 16.9. The van der Waals surface area contributed by atoms with E-state index in [-0.39, 0.29) is 11.9 Å². The maximum Gasteiger partial charge on any atom is 0.338 e. The number of carbonyl (C=O) groups excluding carboxylic acids is 3. The second-order valence-electron chi connectivity index (χ2n) is 9.73. The normalized spacial score (nSPS) is 23.4. The first-order valence-corrected chi connectivity index (χ1v) is 12.6. The van der Waals surface area contributed by atoms with E-state index in [4.69, 9.17) is 10.5 Å². The number of carbonyl (C=O) groups is 3. The van der Waals surface area contributed by atoms with Crippen LogP contribution in [0.15, 0.2) is 35.5 Å². The number of aryl methyl sites for hydroxylation is 1. The molecule has 0 saturated carbocycles. The Hall–Kier alpha value is -2.91. The number of amides is 3. The zero-order valence-corrected chi connectivity index (χ0v) is 20.8. The quantitative estimate of drug-likeness (QED) is 0.510.